The fourth-order valence-corrected chi connectivity index (χ4v) is 2.77. The minimum absolute atomic E-state index is 0.309. The van der Waals surface area contributed by atoms with E-state index in [0.29, 0.717) is 5.56 Å². The number of rotatable bonds is 6. The lowest BCUT2D eigenvalue weighted by Gasteiger charge is -2.25. The summed E-state index contributed by atoms with van der Waals surface area (Å²) in [6, 6.07) is 28.4. The molecule has 3 nitrogen and oxygen atoms in total. The largest absolute Gasteiger partial charge is 0.465 e. The molecule has 0 spiro atoms. The smallest absolute Gasteiger partial charge is 0.337 e. The number of para-hydroxylation sites is 1. The Balaban J connectivity index is 1.81. The molecule has 0 aliphatic carbocycles. The van der Waals surface area contributed by atoms with Crippen molar-refractivity contribution in [2.75, 3.05) is 12.0 Å². The van der Waals surface area contributed by atoms with Crippen LogP contribution in [-0.4, -0.2) is 13.1 Å². The molecule has 3 rings (SSSR count). The Hall–Kier alpha value is -3.07. The number of nitrogens with zero attached hydrogens (tertiary/aromatic N) is 1. The van der Waals surface area contributed by atoms with E-state index in [1.54, 1.807) is 0 Å². The van der Waals surface area contributed by atoms with Gasteiger partial charge in [0.1, 0.15) is 0 Å². The predicted molar refractivity (Wildman–Crippen MR) is 101 cm³/mol. The second-order valence-electron chi connectivity index (χ2n) is 5.87. The summed E-state index contributed by atoms with van der Waals surface area (Å²) in [5, 5.41) is 0. The molecule has 0 aromatic heterocycles. The summed E-state index contributed by atoms with van der Waals surface area (Å²) in [6.07, 6.45) is 0. The molecule has 0 saturated carbocycles. The Labute approximate surface area is 148 Å². The number of esters is 1. The van der Waals surface area contributed by atoms with Gasteiger partial charge < -0.3 is 9.64 Å². The number of hydrogen-bond acceptors (Lipinski definition) is 3. The molecule has 126 valence electrons. The first-order chi connectivity index (χ1) is 12.3. The van der Waals surface area contributed by atoms with Crippen LogP contribution in [0.5, 0.6) is 0 Å². The van der Waals surface area contributed by atoms with Gasteiger partial charge in [-0.1, -0.05) is 60.7 Å². The lowest BCUT2D eigenvalue weighted by molar-refractivity contribution is 0.0600. The molecule has 0 heterocycles. The Kier molecular flexibility index (Phi) is 5.47. The molecule has 0 bridgehead atoms. The molecule has 0 aliphatic rings. The molecule has 3 aromatic carbocycles. The number of carbonyl (C=O) groups is 1. The van der Waals surface area contributed by atoms with Gasteiger partial charge in [0.15, 0.2) is 0 Å². The zero-order chi connectivity index (χ0) is 17.5. The molecule has 0 radical (unpaired) electrons. The molecule has 0 atom stereocenters. The fourth-order valence-electron chi connectivity index (χ4n) is 2.77. The summed E-state index contributed by atoms with van der Waals surface area (Å²) < 4.78 is 4.76. The van der Waals surface area contributed by atoms with Crippen molar-refractivity contribution in [1.29, 1.82) is 0 Å². The molecule has 0 aliphatic heterocycles. The van der Waals surface area contributed by atoms with Crippen molar-refractivity contribution < 1.29 is 9.53 Å². The average molecular weight is 331 g/mol. The maximum atomic E-state index is 11.6. The van der Waals surface area contributed by atoms with Gasteiger partial charge in [-0.2, -0.15) is 0 Å². The lowest BCUT2D eigenvalue weighted by Crippen LogP contribution is -2.22. The van der Waals surface area contributed by atoms with Gasteiger partial charge in [-0.25, -0.2) is 4.79 Å². The van der Waals surface area contributed by atoms with E-state index in [9.17, 15) is 4.79 Å². The average Bonchev–Trinajstić information content (AvgIpc) is 2.69. The summed E-state index contributed by atoms with van der Waals surface area (Å²) >= 11 is 0. The molecular formula is C22H21NO2. The van der Waals surface area contributed by atoms with Gasteiger partial charge in [-0.3, -0.25) is 0 Å². The van der Waals surface area contributed by atoms with Crippen molar-refractivity contribution >= 4 is 11.7 Å². The highest BCUT2D eigenvalue weighted by Gasteiger charge is 2.10. The van der Waals surface area contributed by atoms with Crippen LogP contribution in [0.25, 0.3) is 0 Å². The third kappa shape index (κ3) is 4.48. The third-order valence-electron chi connectivity index (χ3n) is 4.09. The minimum atomic E-state index is -0.309. The van der Waals surface area contributed by atoms with Crippen LogP contribution in [0.2, 0.25) is 0 Å². The monoisotopic (exact) mass is 331 g/mol. The zero-order valence-corrected chi connectivity index (χ0v) is 14.3. The highest BCUT2D eigenvalue weighted by molar-refractivity contribution is 5.89. The van der Waals surface area contributed by atoms with Crippen molar-refractivity contribution in [3.63, 3.8) is 0 Å². The van der Waals surface area contributed by atoms with Crippen LogP contribution >= 0.6 is 0 Å². The standard InChI is InChI=1S/C22H21NO2/c1-25-22(24)20-14-12-19(13-15-20)17-23(21-10-6-3-7-11-21)16-18-8-4-2-5-9-18/h2-15H,16-17H2,1H3. The number of carbonyl (C=O) groups excluding carboxylic acids is 1. The first kappa shape index (κ1) is 16.8. The maximum Gasteiger partial charge on any atom is 0.337 e. The fraction of sp³-hybridized carbons (Fsp3) is 0.136. The highest BCUT2D eigenvalue weighted by Crippen LogP contribution is 2.20. The van der Waals surface area contributed by atoms with Crippen LogP contribution in [0.15, 0.2) is 84.9 Å². The molecule has 0 fully saturated rings. The van der Waals surface area contributed by atoms with Gasteiger partial charge in [0.2, 0.25) is 0 Å². The molecule has 0 N–H and O–H groups in total. The van der Waals surface area contributed by atoms with E-state index in [1.165, 1.54) is 18.4 Å². The molecule has 0 unspecified atom stereocenters. The van der Waals surface area contributed by atoms with Crippen LogP contribution in [0.1, 0.15) is 21.5 Å². The van der Waals surface area contributed by atoms with Crippen molar-refractivity contribution in [3.05, 3.63) is 102 Å². The number of hydrogen-bond donors (Lipinski definition) is 0. The van der Waals surface area contributed by atoms with E-state index in [2.05, 4.69) is 41.3 Å². The first-order valence-corrected chi connectivity index (χ1v) is 8.27. The molecule has 25 heavy (non-hydrogen) atoms. The van der Waals surface area contributed by atoms with Gasteiger partial charge in [0, 0.05) is 18.8 Å². The second-order valence-corrected chi connectivity index (χ2v) is 5.87. The maximum absolute atomic E-state index is 11.6. The predicted octanol–water partition coefficient (Wildman–Crippen LogP) is 4.68. The normalized spacial score (nSPS) is 10.3. The van der Waals surface area contributed by atoms with Crippen LogP contribution < -0.4 is 4.90 Å². The van der Waals surface area contributed by atoms with Crippen molar-refractivity contribution in [2.24, 2.45) is 0 Å². The molecular weight excluding hydrogens is 310 g/mol. The number of methoxy groups -OCH3 is 1. The summed E-state index contributed by atoms with van der Waals surface area (Å²) in [4.78, 5) is 13.9. The zero-order valence-electron chi connectivity index (χ0n) is 14.3. The quantitative estimate of drug-likeness (QED) is 0.614. The van der Waals surface area contributed by atoms with Gasteiger partial charge in [-0.15, -0.1) is 0 Å². The molecule has 3 heteroatoms. The molecule has 0 amide bonds. The van der Waals surface area contributed by atoms with E-state index < -0.39 is 0 Å². The van der Waals surface area contributed by atoms with E-state index in [4.69, 9.17) is 4.74 Å². The Bertz CT molecular complexity index is 798. The van der Waals surface area contributed by atoms with E-state index in [0.717, 1.165) is 18.7 Å². The third-order valence-corrected chi connectivity index (χ3v) is 4.09. The highest BCUT2D eigenvalue weighted by atomic mass is 16.5. The number of anilines is 1. The van der Waals surface area contributed by atoms with Gasteiger partial charge in [-0.05, 0) is 35.4 Å². The summed E-state index contributed by atoms with van der Waals surface area (Å²) in [5.74, 6) is -0.309. The van der Waals surface area contributed by atoms with Crippen LogP contribution in [-0.2, 0) is 17.8 Å². The van der Waals surface area contributed by atoms with Crippen molar-refractivity contribution in [3.8, 4) is 0 Å². The van der Waals surface area contributed by atoms with Crippen molar-refractivity contribution in [1.82, 2.24) is 0 Å². The van der Waals surface area contributed by atoms with Gasteiger partial charge in [0.25, 0.3) is 0 Å². The number of benzene rings is 3. The van der Waals surface area contributed by atoms with E-state index in [-0.39, 0.29) is 5.97 Å². The summed E-state index contributed by atoms with van der Waals surface area (Å²) in [6.45, 7) is 1.59. The molecule has 0 saturated heterocycles. The lowest BCUT2D eigenvalue weighted by atomic mass is 10.1. The Morgan fingerprint density at radius 3 is 1.84 bits per heavy atom. The van der Waals surface area contributed by atoms with E-state index in [1.807, 2.05) is 48.5 Å². The van der Waals surface area contributed by atoms with Gasteiger partial charge in [0.05, 0.1) is 12.7 Å². The Morgan fingerprint density at radius 1 is 0.760 bits per heavy atom. The molecule has 3 aromatic rings. The van der Waals surface area contributed by atoms with Crippen LogP contribution in [0.4, 0.5) is 5.69 Å². The van der Waals surface area contributed by atoms with E-state index >= 15 is 0 Å². The second kappa shape index (κ2) is 8.15. The Morgan fingerprint density at radius 2 is 1.28 bits per heavy atom. The summed E-state index contributed by atoms with van der Waals surface area (Å²) in [7, 11) is 1.40. The van der Waals surface area contributed by atoms with Gasteiger partial charge >= 0.3 is 5.97 Å². The van der Waals surface area contributed by atoms with Crippen molar-refractivity contribution in [2.45, 2.75) is 13.1 Å². The van der Waals surface area contributed by atoms with Crippen LogP contribution in [0.3, 0.4) is 0 Å². The van der Waals surface area contributed by atoms with Crippen LogP contribution in [0, 0.1) is 0 Å². The SMILES string of the molecule is COC(=O)c1ccc(CN(Cc2ccccc2)c2ccccc2)cc1. The summed E-state index contributed by atoms with van der Waals surface area (Å²) in [5.41, 5.74) is 4.15. The number of ether oxygens (including phenoxy) is 1. The topological polar surface area (TPSA) is 29.5 Å². The first-order valence-electron chi connectivity index (χ1n) is 8.27. The minimum Gasteiger partial charge on any atom is -0.465 e.